The highest BCUT2D eigenvalue weighted by molar-refractivity contribution is 5.04. The largest absolute Gasteiger partial charge is 0.379 e. The molecule has 4 heterocycles. The van der Waals surface area contributed by atoms with Crippen LogP contribution in [0.3, 0.4) is 0 Å². The van der Waals surface area contributed by atoms with E-state index in [9.17, 15) is 0 Å². The molecule has 0 radical (unpaired) electrons. The zero-order chi connectivity index (χ0) is 13.5. The minimum Gasteiger partial charge on any atom is -0.379 e. The number of aromatic nitrogens is 2. The fourth-order valence-electron chi connectivity index (χ4n) is 3.33. The van der Waals surface area contributed by atoms with Gasteiger partial charge in [-0.05, 0) is 19.4 Å². The van der Waals surface area contributed by atoms with Crippen molar-refractivity contribution >= 4 is 0 Å². The maximum Gasteiger partial charge on any atom is 0.233 e. The van der Waals surface area contributed by atoms with E-state index < -0.39 is 0 Å². The molecule has 0 bridgehead atoms. The van der Waals surface area contributed by atoms with Crippen LogP contribution >= 0.6 is 0 Å². The number of nitrogens with zero attached hydrogens (tertiary/aromatic N) is 3. The van der Waals surface area contributed by atoms with Crippen molar-refractivity contribution in [2.75, 3.05) is 32.9 Å². The van der Waals surface area contributed by atoms with Crippen molar-refractivity contribution in [1.82, 2.24) is 15.0 Å². The molecular weight excluding hydrogens is 260 g/mol. The third-order valence-corrected chi connectivity index (χ3v) is 4.58. The lowest BCUT2D eigenvalue weighted by Crippen LogP contribution is -2.42. The number of morpholine rings is 1. The summed E-state index contributed by atoms with van der Waals surface area (Å²) in [5.74, 6) is 1.24. The quantitative estimate of drug-likeness (QED) is 0.818. The Morgan fingerprint density at radius 2 is 2.20 bits per heavy atom. The summed E-state index contributed by atoms with van der Waals surface area (Å²) in [7, 11) is 0. The van der Waals surface area contributed by atoms with Gasteiger partial charge in [-0.1, -0.05) is 5.16 Å². The normalized spacial score (nSPS) is 38.2. The van der Waals surface area contributed by atoms with Crippen molar-refractivity contribution in [3.63, 3.8) is 0 Å². The fourth-order valence-corrected chi connectivity index (χ4v) is 3.33. The van der Waals surface area contributed by atoms with Gasteiger partial charge in [0.25, 0.3) is 0 Å². The van der Waals surface area contributed by atoms with Crippen molar-refractivity contribution in [1.29, 1.82) is 0 Å². The zero-order valence-electron chi connectivity index (χ0n) is 11.4. The summed E-state index contributed by atoms with van der Waals surface area (Å²) < 4.78 is 16.6. The summed E-state index contributed by atoms with van der Waals surface area (Å²) in [6, 6.07) is 0.521. The molecule has 2 N–H and O–H groups in total. The van der Waals surface area contributed by atoms with Crippen LogP contribution < -0.4 is 5.73 Å². The van der Waals surface area contributed by atoms with Gasteiger partial charge in [0.05, 0.1) is 25.7 Å². The number of fused-ring (bicyclic) bond motifs is 1. The van der Waals surface area contributed by atoms with E-state index in [-0.39, 0.29) is 18.1 Å². The summed E-state index contributed by atoms with van der Waals surface area (Å²) in [5.41, 5.74) is 5.98. The van der Waals surface area contributed by atoms with Crippen LogP contribution in [0.5, 0.6) is 0 Å². The molecule has 1 aromatic rings. The van der Waals surface area contributed by atoms with E-state index in [0.29, 0.717) is 31.0 Å². The maximum atomic E-state index is 5.98. The Morgan fingerprint density at radius 1 is 1.25 bits per heavy atom. The summed E-state index contributed by atoms with van der Waals surface area (Å²) in [4.78, 5) is 6.96. The number of hydrogen-bond donors (Lipinski definition) is 1. The molecule has 0 spiro atoms. The highest BCUT2D eigenvalue weighted by atomic mass is 16.5. The van der Waals surface area contributed by atoms with E-state index in [2.05, 4.69) is 15.0 Å². The van der Waals surface area contributed by atoms with Crippen molar-refractivity contribution in [2.24, 2.45) is 5.73 Å². The monoisotopic (exact) mass is 280 g/mol. The lowest BCUT2D eigenvalue weighted by Gasteiger charge is -2.33. The van der Waals surface area contributed by atoms with E-state index in [0.717, 1.165) is 19.7 Å². The van der Waals surface area contributed by atoms with Crippen molar-refractivity contribution in [2.45, 2.75) is 36.9 Å². The first kappa shape index (κ1) is 12.7. The predicted octanol–water partition coefficient (Wildman–Crippen LogP) is 0.0464. The predicted molar refractivity (Wildman–Crippen MR) is 69.1 cm³/mol. The summed E-state index contributed by atoms with van der Waals surface area (Å²) in [6.45, 7) is 3.88. The second kappa shape index (κ2) is 5.07. The molecule has 0 saturated carbocycles. The summed E-state index contributed by atoms with van der Waals surface area (Å²) in [6.07, 6.45) is 2.41. The Labute approximate surface area is 117 Å². The molecule has 3 aliphatic rings. The average molecular weight is 280 g/mol. The Morgan fingerprint density at radius 3 is 3.05 bits per heavy atom. The topological polar surface area (TPSA) is 86.6 Å². The molecule has 20 heavy (non-hydrogen) atoms. The molecule has 4 atom stereocenters. The van der Waals surface area contributed by atoms with E-state index in [1.54, 1.807) is 0 Å². The Balaban J connectivity index is 1.47. The van der Waals surface area contributed by atoms with Gasteiger partial charge in [-0.15, -0.1) is 0 Å². The molecule has 110 valence electrons. The molecule has 3 saturated heterocycles. The number of rotatable bonds is 2. The molecule has 3 fully saturated rings. The first-order valence-electron chi connectivity index (χ1n) is 7.34. The average Bonchev–Trinajstić information content (AvgIpc) is 3.17. The van der Waals surface area contributed by atoms with Gasteiger partial charge in [-0.25, -0.2) is 0 Å². The highest BCUT2D eigenvalue weighted by Crippen LogP contribution is 2.30. The summed E-state index contributed by atoms with van der Waals surface area (Å²) >= 11 is 0. The van der Waals surface area contributed by atoms with Crippen molar-refractivity contribution in [3.05, 3.63) is 11.7 Å². The smallest absolute Gasteiger partial charge is 0.233 e. The first-order chi connectivity index (χ1) is 9.81. The summed E-state index contributed by atoms with van der Waals surface area (Å²) in [5, 5.41) is 4.08. The van der Waals surface area contributed by atoms with Gasteiger partial charge < -0.3 is 19.7 Å². The van der Waals surface area contributed by atoms with Gasteiger partial charge in [0, 0.05) is 18.6 Å². The van der Waals surface area contributed by atoms with Gasteiger partial charge in [0.15, 0.2) is 0 Å². The van der Waals surface area contributed by atoms with Crippen LogP contribution in [-0.4, -0.2) is 60.0 Å². The SMILES string of the molecule is NC1COCC1c1nc(C2CN3CCCC3CO2)no1. The van der Waals surface area contributed by atoms with E-state index >= 15 is 0 Å². The minimum absolute atomic E-state index is 0.0133. The van der Waals surface area contributed by atoms with Gasteiger partial charge in [0.2, 0.25) is 11.7 Å². The van der Waals surface area contributed by atoms with E-state index in [4.69, 9.17) is 19.7 Å². The number of hydrogen-bond acceptors (Lipinski definition) is 7. The van der Waals surface area contributed by atoms with Crippen molar-refractivity contribution in [3.8, 4) is 0 Å². The Hall–Kier alpha value is -1.02. The van der Waals surface area contributed by atoms with Crippen LogP contribution in [0.25, 0.3) is 0 Å². The van der Waals surface area contributed by atoms with Crippen LogP contribution in [0.4, 0.5) is 0 Å². The molecule has 0 amide bonds. The highest BCUT2D eigenvalue weighted by Gasteiger charge is 2.36. The van der Waals surface area contributed by atoms with Crippen LogP contribution in [0.15, 0.2) is 4.52 Å². The molecule has 0 aliphatic carbocycles. The van der Waals surface area contributed by atoms with Gasteiger partial charge >= 0.3 is 0 Å². The molecule has 7 nitrogen and oxygen atoms in total. The lowest BCUT2D eigenvalue weighted by atomic mass is 10.1. The number of ether oxygens (including phenoxy) is 2. The Kier molecular flexibility index (Phi) is 3.22. The van der Waals surface area contributed by atoms with Gasteiger partial charge in [-0.3, -0.25) is 4.90 Å². The molecule has 3 aliphatic heterocycles. The number of nitrogens with two attached hydrogens (primary N) is 1. The van der Waals surface area contributed by atoms with Crippen LogP contribution in [-0.2, 0) is 9.47 Å². The molecule has 1 aromatic heterocycles. The maximum absolute atomic E-state index is 5.98. The third kappa shape index (κ3) is 2.14. The second-order valence-electron chi connectivity index (χ2n) is 5.91. The van der Waals surface area contributed by atoms with Gasteiger partial charge in [0.1, 0.15) is 6.10 Å². The van der Waals surface area contributed by atoms with Crippen LogP contribution in [0, 0.1) is 0 Å². The van der Waals surface area contributed by atoms with Crippen LogP contribution in [0.2, 0.25) is 0 Å². The van der Waals surface area contributed by atoms with Crippen molar-refractivity contribution < 1.29 is 14.0 Å². The van der Waals surface area contributed by atoms with E-state index in [1.165, 1.54) is 12.8 Å². The first-order valence-corrected chi connectivity index (χ1v) is 7.34. The van der Waals surface area contributed by atoms with Crippen LogP contribution in [0.1, 0.15) is 36.6 Å². The molecule has 4 unspecified atom stereocenters. The Bertz CT molecular complexity index is 480. The standard InChI is InChI=1S/C13H20N4O3/c14-10-7-18-6-9(10)13-15-12(16-20-13)11-4-17-3-1-2-8(17)5-19-11/h8-11H,1-7,14H2. The second-order valence-corrected chi connectivity index (χ2v) is 5.91. The van der Waals surface area contributed by atoms with E-state index in [1.807, 2.05) is 0 Å². The molecule has 4 rings (SSSR count). The fraction of sp³-hybridized carbons (Fsp3) is 0.846. The molecule has 7 heteroatoms. The molecule has 0 aromatic carbocycles. The minimum atomic E-state index is -0.0830. The van der Waals surface area contributed by atoms with Gasteiger partial charge in [-0.2, -0.15) is 4.98 Å². The third-order valence-electron chi connectivity index (χ3n) is 4.58. The lowest BCUT2D eigenvalue weighted by molar-refractivity contribution is -0.0548. The zero-order valence-corrected chi connectivity index (χ0v) is 11.4. The molecular formula is C13H20N4O3.